The second-order valence-corrected chi connectivity index (χ2v) is 7.39. The third-order valence-corrected chi connectivity index (χ3v) is 5.24. The molecule has 0 bridgehead atoms. The zero-order valence-corrected chi connectivity index (χ0v) is 16.2. The molecular weight excluding hydrogens is 392 g/mol. The molecule has 9 heteroatoms. The number of fused-ring (bicyclic) bond motifs is 1. The smallest absolute Gasteiger partial charge is 0.335 e. The van der Waals surface area contributed by atoms with Crippen molar-refractivity contribution in [2.45, 2.75) is 19.8 Å². The fourth-order valence-corrected chi connectivity index (χ4v) is 3.87. The molecule has 2 aromatic rings. The largest absolute Gasteiger partial charge is 0.478 e. The number of nitrogens with zero attached hydrogens (tertiary/aromatic N) is 3. The molecule has 2 aliphatic rings. The molecule has 0 saturated carbocycles. The lowest BCUT2D eigenvalue weighted by molar-refractivity contribution is -0.114. The standard InChI is InChI=1S/C20H16N4O4S/c1-2-4-16-23-24-17(21)14(18(25)22-20(24)29-16)10-13-7-8-15(28-13)11-5-3-6-12(9-11)19(26)27/h3,5-10,21H,2,4H2,1H3,(H,26,27)/b14-10-,21-17?. The van der Waals surface area contributed by atoms with E-state index in [1.807, 2.05) is 6.92 Å². The minimum atomic E-state index is -1.03. The van der Waals surface area contributed by atoms with Gasteiger partial charge in [-0.3, -0.25) is 10.2 Å². The molecule has 0 fully saturated rings. The molecule has 8 nitrogen and oxygen atoms in total. The summed E-state index contributed by atoms with van der Waals surface area (Å²) in [6.45, 7) is 2.03. The van der Waals surface area contributed by atoms with Crippen LogP contribution in [-0.2, 0) is 4.79 Å². The molecule has 4 rings (SSSR count). The summed E-state index contributed by atoms with van der Waals surface area (Å²) in [6.07, 6.45) is 3.13. The number of aromatic carboxylic acids is 1. The highest BCUT2D eigenvalue weighted by molar-refractivity contribution is 8.26. The Bertz CT molecular complexity index is 1130. The van der Waals surface area contributed by atoms with E-state index in [4.69, 9.17) is 14.9 Å². The van der Waals surface area contributed by atoms with E-state index in [9.17, 15) is 9.59 Å². The van der Waals surface area contributed by atoms with Crippen molar-refractivity contribution in [1.82, 2.24) is 5.01 Å². The van der Waals surface area contributed by atoms with Gasteiger partial charge >= 0.3 is 5.97 Å². The molecule has 1 amide bonds. The van der Waals surface area contributed by atoms with Crippen LogP contribution in [0, 0.1) is 5.41 Å². The van der Waals surface area contributed by atoms with Gasteiger partial charge in [0.05, 0.1) is 11.1 Å². The van der Waals surface area contributed by atoms with E-state index in [0.29, 0.717) is 22.3 Å². The zero-order valence-electron chi connectivity index (χ0n) is 15.4. The van der Waals surface area contributed by atoms with Crippen molar-refractivity contribution < 1.29 is 19.1 Å². The van der Waals surface area contributed by atoms with Gasteiger partial charge < -0.3 is 9.52 Å². The number of carbonyl (C=O) groups is 2. The number of aliphatic imine (C=N–C) groups is 1. The van der Waals surface area contributed by atoms with Gasteiger partial charge in [-0.25, -0.2) is 4.79 Å². The van der Waals surface area contributed by atoms with Crippen LogP contribution in [0.1, 0.15) is 35.9 Å². The number of thioether (sulfide) groups is 1. The van der Waals surface area contributed by atoms with Crippen LogP contribution in [0.3, 0.4) is 0 Å². The first kappa shape index (κ1) is 18.9. The van der Waals surface area contributed by atoms with E-state index in [1.165, 1.54) is 35.0 Å². The van der Waals surface area contributed by atoms with Crippen molar-refractivity contribution in [3.63, 3.8) is 0 Å². The average molecular weight is 408 g/mol. The molecule has 146 valence electrons. The molecule has 0 unspecified atom stereocenters. The second-order valence-electron chi connectivity index (χ2n) is 6.35. The molecule has 0 atom stereocenters. The van der Waals surface area contributed by atoms with Gasteiger partial charge in [-0.2, -0.15) is 15.1 Å². The summed E-state index contributed by atoms with van der Waals surface area (Å²) < 4.78 is 5.75. The van der Waals surface area contributed by atoms with Crippen molar-refractivity contribution in [1.29, 1.82) is 5.41 Å². The summed E-state index contributed by atoms with van der Waals surface area (Å²) in [6, 6.07) is 9.71. The summed E-state index contributed by atoms with van der Waals surface area (Å²) in [5.41, 5.74) is 0.831. The van der Waals surface area contributed by atoms with Crippen LogP contribution in [0.2, 0.25) is 0 Å². The maximum absolute atomic E-state index is 12.4. The molecule has 29 heavy (non-hydrogen) atoms. The van der Waals surface area contributed by atoms with Gasteiger partial charge in [0, 0.05) is 5.56 Å². The van der Waals surface area contributed by atoms with Crippen LogP contribution in [-0.4, -0.2) is 38.0 Å². The summed E-state index contributed by atoms with van der Waals surface area (Å²) >= 11 is 1.31. The number of furan rings is 1. The quantitative estimate of drug-likeness (QED) is 0.720. The molecule has 2 N–H and O–H groups in total. The lowest BCUT2D eigenvalue weighted by Gasteiger charge is -2.19. The number of nitrogens with one attached hydrogen (secondary N) is 1. The Balaban J connectivity index is 1.62. The Morgan fingerprint density at radius 1 is 1.34 bits per heavy atom. The molecule has 1 aromatic heterocycles. The van der Waals surface area contributed by atoms with E-state index in [0.717, 1.165) is 17.9 Å². The maximum atomic E-state index is 12.4. The molecule has 2 aliphatic heterocycles. The molecule has 1 aromatic carbocycles. The molecule has 0 saturated heterocycles. The summed E-state index contributed by atoms with van der Waals surface area (Å²) in [5, 5.41) is 24.4. The molecule has 0 radical (unpaired) electrons. The Hall–Kier alpha value is -3.46. The van der Waals surface area contributed by atoms with Crippen LogP contribution < -0.4 is 0 Å². The number of carboxylic acid groups (broad SMARTS) is 1. The van der Waals surface area contributed by atoms with Crippen LogP contribution in [0.15, 0.2) is 56.5 Å². The number of carboxylic acids is 1. The monoisotopic (exact) mass is 408 g/mol. The third-order valence-electron chi connectivity index (χ3n) is 4.27. The highest BCUT2D eigenvalue weighted by Crippen LogP contribution is 2.30. The Labute approximate surface area is 170 Å². The minimum absolute atomic E-state index is 0.0515. The summed E-state index contributed by atoms with van der Waals surface area (Å²) in [7, 11) is 0. The number of amidine groups is 2. The average Bonchev–Trinajstić information content (AvgIpc) is 3.32. The fraction of sp³-hybridized carbons (Fsp3) is 0.150. The number of hydrogen-bond acceptors (Lipinski definition) is 6. The van der Waals surface area contributed by atoms with Gasteiger partial charge in [-0.1, -0.05) is 19.1 Å². The number of rotatable bonds is 5. The maximum Gasteiger partial charge on any atom is 0.335 e. The second kappa shape index (κ2) is 7.51. The van der Waals surface area contributed by atoms with E-state index in [2.05, 4.69) is 10.1 Å². The van der Waals surface area contributed by atoms with Crippen LogP contribution in [0.5, 0.6) is 0 Å². The number of hydrogen-bond donors (Lipinski definition) is 2. The molecule has 0 aliphatic carbocycles. The van der Waals surface area contributed by atoms with Crippen LogP contribution >= 0.6 is 11.8 Å². The Morgan fingerprint density at radius 2 is 2.17 bits per heavy atom. The van der Waals surface area contributed by atoms with E-state index >= 15 is 0 Å². The highest BCUT2D eigenvalue weighted by Gasteiger charge is 2.35. The van der Waals surface area contributed by atoms with Crippen molar-refractivity contribution in [2.24, 2.45) is 10.1 Å². The first-order chi connectivity index (χ1) is 14.0. The first-order valence-corrected chi connectivity index (χ1v) is 9.70. The first-order valence-electron chi connectivity index (χ1n) is 8.89. The Morgan fingerprint density at radius 3 is 2.93 bits per heavy atom. The molecular formula is C20H16N4O4S. The van der Waals surface area contributed by atoms with E-state index in [-0.39, 0.29) is 17.0 Å². The van der Waals surface area contributed by atoms with Gasteiger partial charge in [0.1, 0.15) is 16.6 Å². The Kier molecular flexibility index (Phi) is 4.89. The van der Waals surface area contributed by atoms with Crippen LogP contribution in [0.25, 0.3) is 17.4 Å². The highest BCUT2D eigenvalue weighted by atomic mass is 32.2. The summed E-state index contributed by atoms with van der Waals surface area (Å²) in [4.78, 5) is 27.6. The van der Waals surface area contributed by atoms with Crippen molar-refractivity contribution >= 4 is 45.8 Å². The summed E-state index contributed by atoms with van der Waals surface area (Å²) in [5.74, 6) is -0.782. The van der Waals surface area contributed by atoms with Gasteiger partial charge in [-0.05, 0) is 54.9 Å². The van der Waals surface area contributed by atoms with Gasteiger partial charge in [0.25, 0.3) is 5.91 Å². The lowest BCUT2D eigenvalue weighted by Crippen LogP contribution is -2.35. The lowest BCUT2D eigenvalue weighted by atomic mass is 10.1. The SMILES string of the molecule is CCCC1=NN2C(=N)/C(=C/c3ccc(-c4cccc(C(=O)O)c4)o3)C(=O)N=C2S1. The predicted molar refractivity (Wildman–Crippen MR) is 111 cm³/mol. The third kappa shape index (κ3) is 3.64. The van der Waals surface area contributed by atoms with Gasteiger partial charge in [0.15, 0.2) is 5.84 Å². The predicted octanol–water partition coefficient (Wildman–Crippen LogP) is 4.06. The number of hydrazone groups is 1. The van der Waals surface area contributed by atoms with Crippen molar-refractivity contribution in [3.8, 4) is 11.3 Å². The number of carbonyl (C=O) groups excluding carboxylic acids is 1. The van der Waals surface area contributed by atoms with E-state index < -0.39 is 11.9 Å². The fourth-order valence-electron chi connectivity index (χ4n) is 2.88. The van der Waals surface area contributed by atoms with Crippen molar-refractivity contribution in [3.05, 3.63) is 53.3 Å². The van der Waals surface area contributed by atoms with Gasteiger partial charge in [-0.15, -0.1) is 0 Å². The number of benzene rings is 1. The zero-order chi connectivity index (χ0) is 20.5. The minimum Gasteiger partial charge on any atom is -0.478 e. The van der Waals surface area contributed by atoms with Crippen LogP contribution in [0.4, 0.5) is 0 Å². The molecule has 0 spiro atoms. The normalized spacial score (nSPS) is 17.4. The molecule has 3 heterocycles. The van der Waals surface area contributed by atoms with E-state index in [1.54, 1.807) is 24.3 Å². The topological polar surface area (TPSA) is 119 Å². The number of amides is 1. The van der Waals surface area contributed by atoms with Gasteiger partial charge in [0.2, 0.25) is 5.17 Å². The van der Waals surface area contributed by atoms with Crippen molar-refractivity contribution in [2.75, 3.05) is 0 Å².